The molecule has 0 aliphatic carbocycles. The van der Waals surface area contributed by atoms with Crippen molar-refractivity contribution in [1.82, 2.24) is 9.91 Å². The maximum absolute atomic E-state index is 6.57. The predicted octanol–water partition coefficient (Wildman–Crippen LogP) is 12.0. The van der Waals surface area contributed by atoms with Gasteiger partial charge >= 0.3 is 0 Å². The van der Waals surface area contributed by atoms with E-state index in [4.69, 9.17) is 11.6 Å². The van der Waals surface area contributed by atoms with Crippen molar-refractivity contribution in [2.75, 3.05) is 20.6 Å². The number of hydrogen-bond donors (Lipinski definition) is 2. The summed E-state index contributed by atoms with van der Waals surface area (Å²) in [6, 6.07) is 0.389. The molecule has 0 aromatic carbocycles. The first-order chi connectivity index (χ1) is 21.9. The van der Waals surface area contributed by atoms with Crippen LogP contribution in [0, 0.1) is 5.92 Å². The normalized spacial score (nSPS) is 14.1. The molecule has 4 heteroatoms. The molecule has 0 rings (SSSR count). The molecule has 0 aromatic rings. The Labute approximate surface area is 283 Å². The summed E-state index contributed by atoms with van der Waals surface area (Å²) in [6.45, 7) is 7.70. The SMILES string of the molecule is CCCCC/C=C/C=C\CCCCCCCCC(CCCCCCCC/C=C\CC(C)CCCCC)N(N)/C=C(\N)CN(C)C. The molecule has 2 atom stereocenters. The summed E-state index contributed by atoms with van der Waals surface area (Å²) in [5, 5.41) is 1.93. The zero-order chi connectivity index (χ0) is 33.2. The van der Waals surface area contributed by atoms with Crippen LogP contribution in [0.3, 0.4) is 0 Å². The van der Waals surface area contributed by atoms with Gasteiger partial charge in [0.2, 0.25) is 0 Å². The van der Waals surface area contributed by atoms with Gasteiger partial charge in [-0.3, -0.25) is 0 Å². The third-order valence-corrected chi connectivity index (χ3v) is 8.91. The third-order valence-electron chi connectivity index (χ3n) is 8.91. The van der Waals surface area contributed by atoms with Gasteiger partial charge in [-0.05, 0) is 77.8 Å². The average Bonchev–Trinajstić information content (AvgIpc) is 3.00. The highest BCUT2D eigenvalue weighted by Gasteiger charge is 2.13. The van der Waals surface area contributed by atoms with E-state index in [1.54, 1.807) is 0 Å². The Balaban J connectivity index is 4.16. The van der Waals surface area contributed by atoms with E-state index in [1.165, 1.54) is 161 Å². The lowest BCUT2D eigenvalue weighted by atomic mass is 9.99. The minimum atomic E-state index is 0.389. The summed E-state index contributed by atoms with van der Waals surface area (Å²) >= 11 is 0. The number of nitrogens with two attached hydrogens (primary N) is 2. The summed E-state index contributed by atoms with van der Waals surface area (Å²) in [7, 11) is 4.10. The Bertz CT molecular complexity index is 723. The number of rotatable bonds is 33. The average molecular weight is 629 g/mol. The standard InChI is InChI=1S/C41H80N4/c1-6-8-10-11-12-13-14-15-16-17-18-21-24-27-31-35-41(45(43)38-40(42)37-44(4)5)36-32-28-25-22-19-20-23-26-30-34-39(3)33-29-9-7-2/h12-15,26,30,38-39,41H,6-11,16-25,27-29,31-37,42-43H2,1-5H3/b13-12+,15-14-,30-26-,40-38-. The van der Waals surface area contributed by atoms with E-state index in [0.29, 0.717) is 6.04 Å². The second-order valence-electron chi connectivity index (χ2n) is 14.1. The molecule has 4 N–H and O–H groups in total. The largest absolute Gasteiger partial charge is 0.400 e. The van der Waals surface area contributed by atoms with Gasteiger partial charge in [0.1, 0.15) is 0 Å². The van der Waals surface area contributed by atoms with Crippen molar-refractivity contribution in [3.63, 3.8) is 0 Å². The van der Waals surface area contributed by atoms with Crippen molar-refractivity contribution in [3.05, 3.63) is 48.4 Å². The summed E-state index contributed by atoms with van der Waals surface area (Å²) in [6.07, 6.45) is 48.6. The number of hydrazine groups is 1. The van der Waals surface area contributed by atoms with Gasteiger partial charge in [-0.2, -0.15) is 0 Å². The zero-order valence-corrected chi connectivity index (χ0v) is 31.1. The number of unbranched alkanes of at least 4 members (excludes halogenated alkanes) is 17. The van der Waals surface area contributed by atoms with Crippen LogP contribution in [0.5, 0.6) is 0 Å². The van der Waals surface area contributed by atoms with E-state index in [2.05, 4.69) is 62.1 Å². The maximum Gasteiger partial charge on any atom is 0.0446 e. The minimum Gasteiger partial charge on any atom is -0.400 e. The van der Waals surface area contributed by atoms with Crippen LogP contribution in [0.15, 0.2) is 48.4 Å². The molecular weight excluding hydrogens is 548 g/mol. The lowest BCUT2D eigenvalue weighted by Crippen LogP contribution is -2.38. The molecule has 2 unspecified atom stereocenters. The monoisotopic (exact) mass is 629 g/mol. The van der Waals surface area contributed by atoms with Gasteiger partial charge in [-0.1, -0.05) is 160 Å². The van der Waals surface area contributed by atoms with Crippen LogP contribution in [0.25, 0.3) is 0 Å². The first kappa shape index (κ1) is 43.5. The number of hydrogen-bond acceptors (Lipinski definition) is 4. The van der Waals surface area contributed by atoms with Gasteiger partial charge in [-0.15, -0.1) is 0 Å². The van der Waals surface area contributed by atoms with Crippen LogP contribution in [0.2, 0.25) is 0 Å². The summed E-state index contributed by atoms with van der Waals surface area (Å²) < 4.78 is 0. The summed E-state index contributed by atoms with van der Waals surface area (Å²) in [5.74, 6) is 7.41. The lowest BCUT2D eigenvalue weighted by Gasteiger charge is -2.27. The van der Waals surface area contributed by atoms with Crippen molar-refractivity contribution in [2.45, 2.75) is 187 Å². The third kappa shape index (κ3) is 32.2. The Hall–Kier alpha value is -1.52. The van der Waals surface area contributed by atoms with Gasteiger partial charge in [0.05, 0.1) is 0 Å². The molecule has 264 valence electrons. The minimum absolute atomic E-state index is 0.389. The van der Waals surface area contributed by atoms with Gasteiger partial charge < -0.3 is 15.6 Å². The number of nitrogens with zero attached hydrogens (tertiary/aromatic N) is 2. The molecule has 4 nitrogen and oxygen atoms in total. The van der Waals surface area contributed by atoms with Gasteiger partial charge in [0.25, 0.3) is 0 Å². The van der Waals surface area contributed by atoms with E-state index in [9.17, 15) is 0 Å². The Morgan fingerprint density at radius 3 is 1.56 bits per heavy atom. The van der Waals surface area contributed by atoms with E-state index in [0.717, 1.165) is 18.2 Å². The topological polar surface area (TPSA) is 58.5 Å². The van der Waals surface area contributed by atoms with Gasteiger partial charge in [0.15, 0.2) is 0 Å². The van der Waals surface area contributed by atoms with Crippen molar-refractivity contribution in [1.29, 1.82) is 0 Å². The molecule has 0 aromatic heterocycles. The number of allylic oxidation sites excluding steroid dienone is 6. The molecule has 0 aliphatic heterocycles. The van der Waals surface area contributed by atoms with Crippen molar-refractivity contribution < 1.29 is 0 Å². The fourth-order valence-electron chi connectivity index (χ4n) is 6.01. The summed E-state index contributed by atoms with van der Waals surface area (Å²) in [4.78, 5) is 2.10. The molecule has 0 amide bonds. The van der Waals surface area contributed by atoms with Crippen LogP contribution >= 0.6 is 0 Å². The molecule has 0 bridgehead atoms. The van der Waals surface area contributed by atoms with Crippen LogP contribution in [-0.2, 0) is 0 Å². The van der Waals surface area contributed by atoms with E-state index >= 15 is 0 Å². The Kier molecular flexibility index (Phi) is 32.7. The van der Waals surface area contributed by atoms with E-state index in [1.807, 2.05) is 25.3 Å². The molecular formula is C41H80N4. The second-order valence-corrected chi connectivity index (χ2v) is 14.1. The highest BCUT2D eigenvalue weighted by Crippen LogP contribution is 2.19. The second kappa shape index (κ2) is 33.8. The van der Waals surface area contributed by atoms with Crippen LogP contribution < -0.4 is 11.6 Å². The van der Waals surface area contributed by atoms with Gasteiger partial charge in [0, 0.05) is 24.5 Å². The molecule has 0 fully saturated rings. The molecule has 0 aliphatic rings. The molecule has 0 heterocycles. The smallest absolute Gasteiger partial charge is 0.0446 e. The van der Waals surface area contributed by atoms with Crippen molar-refractivity contribution in [2.24, 2.45) is 17.5 Å². The Morgan fingerprint density at radius 2 is 1.02 bits per heavy atom. The Morgan fingerprint density at radius 1 is 0.578 bits per heavy atom. The molecule has 0 radical (unpaired) electrons. The molecule has 0 saturated carbocycles. The van der Waals surface area contributed by atoms with Crippen LogP contribution in [0.4, 0.5) is 0 Å². The predicted molar refractivity (Wildman–Crippen MR) is 204 cm³/mol. The maximum atomic E-state index is 6.57. The van der Waals surface area contributed by atoms with Crippen molar-refractivity contribution in [3.8, 4) is 0 Å². The quantitative estimate of drug-likeness (QED) is 0.0249. The fraction of sp³-hybridized carbons (Fsp3) is 0.805. The lowest BCUT2D eigenvalue weighted by molar-refractivity contribution is 0.240. The summed E-state index contributed by atoms with van der Waals surface area (Å²) in [5.41, 5.74) is 7.12. The van der Waals surface area contributed by atoms with Crippen LogP contribution in [-0.4, -0.2) is 36.6 Å². The highest BCUT2D eigenvalue weighted by atomic mass is 15.4. The first-order valence-corrected chi connectivity index (χ1v) is 19.5. The zero-order valence-electron chi connectivity index (χ0n) is 31.1. The highest BCUT2D eigenvalue weighted by molar-refractivity contribution is 5.02. The number of likely N-dealkylation sites (N-methyl/N-ethyl adjacent to an activating group) is 1. The van der Waals surface area contributed by atoms with Crippen LogP contribution in [0.1, 0.15) is 181 Å². The molecule has 0 spiro atoms. The molecule has 45 heavy (non-hydrogen) atoms. The van der Waals surface area contributed by atoms with E-state index in [-0.39, 0.29) is 0 Å². The van der Waals surface area contributed by atoms with E-state index < -0.39 is 0 Å². The molecule has 0 saturated heterocycles. The first-order valence-electron chi connectivity index (χ1n) is 19.5. The fourth-order valence-corrected chi connectivity index (χ4v) is 6.01. The van der Waals surface area contributed by atoms with Gasteiger partial charge in [-0.25, -0.2) is 5.84 Å². The van der Waals surface area contributed by atoms with Crippen molar-refractivity contribution >= 4 is 0 Å².